The highest BCUT2D eigenvalue weighted by atomic mass is 19.3. The van der Waals surface area contributed by atoms with Gasteiger partial charge in [-0.25, -0.2) is 8.78 Å². The van der Waals surface area contributed by atoms with E-state index in [-0.39, 0.29) is 12.2 Å². The fourth-order valence-electron chi connectivity index (χ4n) is 1.91. The van der Waals surface area contributed by atoms with Gasteiger partial charge in [0, 0.05) is 17.6 Å². The Bertz CT molecular complexity index is 615. The van der Waals surface area contributed by atoms with Crippen LogP contribution in [-0.4, -0.2) is 52.2 Å². The third-order valence-corrected chi connectivity index (χ3v) is 2.81. The molecule has 0 aliphatic heterocycles. The maximum Gasteiger partial charge on any atom is 0.275 e. The minimum Gasteiger partial charge on any atom is -0.399 e. The number of aliphatic hydroxyl groups is 1. The monoisotopic (exact) mass is 284 g/mol. The number of H-pyrrole nitrogens is 1. The number of carbonyl (C=O) groups is 1. The molecule has 0 fully saturated rings. The standard InChI is InChI=1S/C12H14F2N4O2/c13-10(14)6-18(3-4-19)12(20)11-8-5-7(15)1-2-9(8)16-17-11/h1-2,5,10,19H,3-4,6,15H2,(H,16,17). The average Bonchev–Trinajstić information content (AvgIpc) is 2.79. The van der Waals surface area contributed by atoms with E-state index in [1.165, 1.54) is 0 Å². The van der Waals surface area contributed by atoms with Gasteiger partial charge in [-0.3, -0.25) is 9.89 Å². The Hall–Kier alpha value is -2.22. The molecule has 0 spiro atoms. The van der Waals surface area contributed by atoms with Crippen molar-refractivity contribution in [2.45, 2.75) is 6.43 Å². The van der Waals surface area contributed by atoms with E-state index in [4.69, 9.17) is 10.8 Å². The molecule has 20 heavy (non-hydrogen) atoms. The van der Waals surface area contributed by atoms with Crippen LogP contribution in [0.4, 0.5) is 14.5 Å². The largest absolute Gasteiger partial charge is 0.399 e. The summed E-state index contributed by atoms with van der Waals surface area (Å²) in [5, 5.41) is 15.8. The van der Waals surface area contributed by atoms with Crippen molar-refractivity contribution in [1.82, 2.24) is 15.1 Å². The molecular weight excluding hydrogens is 270 g/mol. The number of nitrogens with two attached hydrogens (primary N) is 1. The van der Waals surface area contributed by atoms with Crippen LogP contribution in [0, 0.1) is 0 Å². The zero-order valence-corrected chi connectivity index (χ0v) is 10.5. The third-order valence-electron chi connectivity index (χ3n) is 2.81. The molecule has 0 saturated heterocycles. The molecule has 0 aliphatic carbocycles. The van der Waals surface area contributed by atoms with Crippen LogP contribution in [0.5, 0.6) is 0 Å². The lowest BCUT2D eigenvalue weighted by molar-refractivity contribution is 0.0506. The first-order valence-corrected chi connectivity index (χ1v) is 5.95. The maximum atomic E-state index is 12.5. The van der Waals surface area contributed by atoms with Gasteiger partial charge in [-0.15, -0.1) is 0 Å². The highest BCUT2D eigenvalue weighted by Crippen LogP contribution is 2.20. The number of aromatic nitrogens is 2. The number of anilines is 1. The third kappa shape index (κ3) is 2.85. The molecule has 108 valence electrons. The molecule has 0 radical (unpaired) electrons. The van der Waals surface area contributed by atoms with Gasteiger partial charge in [0.1, 0.15) is 0 Å². The van der Waals surface area contributed by atoms with Crippen LogP contribution >= 0.6 is 0 Å². The van der Waals surface area contributed by atoms with E-state index in [9.17, 15) is 13.6 Å². The molecule has 2 rings (SSSR count). The van der Waals surface area contributed by atoms with Crippen molar-refractivity contribution in [1.29, 1.82) is 0 Å². The number of amides is 1. The number of aromatic amines is 1. The smallest absolute Gasteiger partial charge is 0.275 e. The Morgan fingerprint density at radius 3 is 2.90 bits per heavy atom. The second kappa shape index (κ2) is 5.83. The number of nitrogen functional groups attached to an aromatic ring is 1. The van der Waals surface area contributed by atoms with Gasteiger partial charge in [0.25, 0.3) is 12.3 Å². The zero-order valence-electron chi connectivity index (χ0n) is 10.5. The number of halogens is 2. The number of rotatable bonds is 5. The van der Waals surface area contributed by atoms with Gasteiger partial charge in [-0.1, -0.05) is 0 Å². The molecule has 6 nitrogen and oxygen atoms in total. The molecule has 4 N–H and O–H groups in total. The van der Waals surface area contributed by atoms with Gasteiger partial charge in [0.05, 0.1) is 18.7 Å². The Balaban J connectivity index is 2.35. The first-order valence-electron chi connectivity index (χ1n) is 5.95. The molecule has 1 amide bonds. The fraction of sp³-hybridized carbons (Fsp3) is 0.333. The minimum atomic E-state index is -2.68. The molecular formula is C12H14F2N4O2. The van der Waals surface area contributed by atoms with Gasteiger partial charge < -0.3 is 15.7 Å². The fourth-order valence-corrected chi connectivity index (χ4v) is 1.91. The van der Waals surface area contributed by atoms with E-state index in [1.54, 1.807) is 18.2 Å². The van der Waals surface area contributed by atoms with Crippen LogP contribution in [-0.2, 0) is 0 Å². The molecule has 0 aliphatic rings. The minimum absolute atomic E-state index is 0.0152. The van der Waals surface area contributed by atoms with Crippen LogP contribution < -0.4 is 5.73 Å². The second-order valence-corrected chi connectivity index (χ2v) is 4.24. The summed E-state index contributed by atoms with van der Waals surface area (Å²) in [6.07, 6.45) is -2.68. The first kappa shape index (κ1) is 14.2. The van der Waals surface area contributed by atoms with Crippen molar-refractivity contribution in [3.8, 4) is 0 Å². The summed E-state index contributed by atoms with van der Waals surface area (Å²) in [6, 6.07) is 4.84. The zero-order chi connectivity index (χ0) is 14.7. The topological polar surface area (TPSA) is 95.2 Å². The Kier molecular flexibility index (Phi) is 4.14. The molecule has 1 aromatic heterocycles. The van der Waals surface area contributed by atoms with E-state index in [2.05, 4.69) is 10.2 Å². The number of alkyl halides is 2. The normalized spacial score (nSPS) is 11.2. The maximum absolute atomic E-state index is 12.5. The van der Waals surface area contributed by atoms with Crippen LogP contribution in [0.15, 0.2) is 18.2 Å². The Morgan fingerprint density at radius 1 is 1.50 bits per heavy atom. The number of nitrogens with zero attached hydrogens (tertiary/aromatic N) is 2. The number of hydrogen-bond acceptors (Lipinski definition) is 4. The molecule has 1 aromatic carbocycles. The number of fused-ring (bicyclic) bond motifs is 1. The second-order valence-electron chi connectivity index (χ2n) is 4.24. The Labute approximate surface area is 113 Å². The van der Waals surface area contributed by atoms with Gasteiger partial charge in [-0.05, 0) is 18.2 Å². The number of nitrogens with one attached hydrogen (secondary N) is 1. The van der Waals surface area contributed by atoms with Gasteiger partial charge >= 0.3 is 0 Å². The predicted octanol–water partition coefficient (Wildman–Crippen LogP) is 0.845. The number of hydrogen-bond donors (Lipinski definition) is 3. The van der Waals surface area contributed by atoms with Crippen molar-refractivity contribution >= 4 is 22.5 Å². The summed E-state index contributed by atoms with van der Waals surface area (Å²) in [5.74, 6) is -0.670. The van der Waals surface area contributed by atoms with Crippen LogP contribution in [0.3, 0.4) is 0 Å². The summed E-state index contributed by atoms with van der Waals surface area (Å²) >= 11 is 0. The van der Waals surface area contributed by atoms with Crippen LogP contribution in [0.2, 0.25) is 0 Å². The average molecular weight is 284 g/mol. The number of carbonyl (C=O) groups excluding carboxylic acids is 1. The van der Waals surface area contributed by atoms with Crippen molar-refractivity contribution in [2.75, 3.05) is 25.4 Å². The summed E-state index contributed by atoms with van der Waals surface area (Å²) in [5.41, 5.74) is 6.68. The first-order chi connectivity index (χ1) is 9.52. The van der Waals surface area contributed by atoms with E-state index < -0.39 is 25.5 Å². The van der Waals surface area contributed by atoms with Crippen LogP contribution in [0.25, 0.3) is 10.9 Å². The summed E-state index contributed by atoms with van der Waals surface area (Å²) in [4.78, 5) is 13.1. The molecule has 0 unspecified atom stereocenters. The molecule has 2 aromatic rings. The van der Waals surface area contributed by atoms with Gasteiger partial charge in [0.2, 0.25) is 0 Å². The van der Waals surface area contributed by atoms with Crippen molar-refractivity contribution in [3.63, 3.8) is 0 Å². The summed E-state index contributed by atoms with van der Waals surface area (Å²) in [7, 11) is 0. The van der Waals surface area contributed by atoms with Gasteiger partial charge in [-0.2, -0.15) is 5.10 Å². The lowest BCUT2D eigenvalue weighted by Gasteiger charge is -2.20. The van der Waals surface area contributed by atoms with E-state index in [0.717, 1.165) is 4.90 Å². The summed E-state index contributed by atoms with van der Waals surface area (Å²) < 4.78 is 24.9. The quantitative estimate of drug-likeness (QED) is 0.709. The SMILES string of the molecule is Nc1ccc2[nH]nc(C(=O)N(CCO)CC(F)F)c2c1. The molecule has 8 heteroatoms. The number of benzene rings is 1. The van der Waals surface area contributed by atoms with Gasteiger partial charge in [0.15, 0.2) is 5.69 Å². The molecule has 0 atom stereocenters. The molecule has 0 saturated carbocycles. The van der Waals surface area contributed by atoms with E-state index in [0.29, 0.717) is 16.6 Å². The van der Waals surface area contributed by atoms with Crippen molar-refractivity contribution in [3.05, 3.63) is 23.9 Å². The highest BCUT2D eigenvalue weighted by molar-refractivity contribution is 6.05. The summed E-state index contributed by atoms with van der Waals surface area (Å²) in [6.45, 7) is -1.33. The lowest BCUT2D eigenvalue weighted by atomic mass is 10.1. The lowest BCUT2D eigenvalue weighted by Crippen LogP contribution is -2.37. The van der Waals surface area contributed by atoms with Crippen LogP contribution in [0.1, 0.15) is 10.5 Å². The van der Waals surface area contributed by atoms with Crippen molar-refractivity contribution < 1.29 is 18.7 Å². The molecule has 0 bridgehead atoms. The number of aliphatic hydroxyl groups excluding tert-OH is 1. The van der Waals surface area contributed by atoms with E-state index >= 15 is 0 Å². The molecule has 1 heterocycles. The Morgan fingerprint density at radius 2 is 2.25 bits per heavy atom. The van der Waals surface area contributed by atoms with Crippen molar-refractivity contribution in [2.24, 2.45) is 0 Å². The predicted molar refractivity (Wildman–Crippen MR) is 69.5 cm³/mol. The highest BCUT2D eigenvalue weighted by Gasteiger charge is 2.23. The van der Waals surface area contributed by atoms with E-state index in [1.807, 2.05) is 0 Å².